The van der Waals surface area contributed by atoms with Crippen LogP contribution in [0.1, 0.15) is 19.6 Å². The number of carbonyl (C=O) groups excluding carboxylic acids is 1. The Kier molecular flexibility index (Phi) is 6.38. The van der Waals surface area contributed by atoms with Gasteiger partial charge in [-0.2, -0.15) is 4.31 Å². The smallest absolute Gasteiger partial charge is 0.243 e. The number of amides is 1. The highest BCUT2D eigenvalue weighted by Crippen LogP contribution is 2.20. The molecule has 1 aromatic heterocycles. The molecule has 0 saturated heterocycles. The number of nitrogens with zero attached hydrogens (tertiary/aromatic N) is 2. The van der Waals surface area contributed by atoms with Gasteiger partial charge in [-0.3, -0.25) is 4.79 Å². The van der Waals surface area contributed by atoms with Crippen LogP contribution in [0, 0.1) is 12.8 Å². The first-order chi connectivity index (χ1) is 12.2. The van der Waals surface area contributed by atoms with Crippen LogP contribution in [0.3, 0.4) is 0 Å². The van der Waals surface area contributed by atoms with Crippen molar-refractivity contribution in [3.8, 4) is 5.75 Å². The van der Waals surface area contributed by atoms with Crippen molar-refractivity contribution in [1.29, 1.82) is 0 Å². The van der Waals surface area contributed by atoms with Gasteiger partial charge in [0.25, 0.3) is 0 Å². The second-order valence-electron chi connectivity index (χ2n) is 6.24. The number of carbonyl (C=O) groups is 1. The van der Waals surface area contributed by atoms with Gasteiger partial charge in [0, 0.05) is 12.6 Å². The summed E-state index contributed by atoms with van der Waals surface area (Å²) in [5.41, 5.74) is 0. The molecule has 1 aromatic carbocycles. The van der Waals surface area contributed by atoms with Gasteiger partial charge in [0.2, 0.25) is 15.9 Å². The molecule has 0 fully saturated rings. The topological polar surface area (TPSA) is 102 Å². The minimum Gasteiger partial charge on any atom is -0.497 e. The van der Waals surface area contributed by atoms with E-state index in [9.17, 15) is 13.2 Å². The van der Waals surface area contributed by atoms with E-state index in [0.717, 1.165) is 4.31 Å². The molecule has 0 aliphatic heterocycles. The molecule has 2 aromatic rings. The summed E-state index contributed by atoms with van der Waals surface area (Å²) in [5, 5.41) is 6.21. The highest BCUT2D eigenvalue weighted by Gasteiger charge is 2.27. The fourth-order valence-electron chi connectivity index (χ4n) is 2.32. The molecule has 1 N–H and O–H groups in total. The first-order valence-electron chi connectivity index (χ1n) is 8.09. The molecule has 0 radical (unpaired) electrons. The molecular formula is C17H23N3O5S. The number of aryl methyl sites for hydroxylation is 1. The zero-order valence-corrected chi connectivity index (χ0v) is 16.0. The van der Waals surface area contributed by atoms with Crippen LogP contribution in [0.5, 0.6) is 5.75 Å². The van der Waals surface area contributed by atoms with Crippen molar-refractivity contribution in [3.63, 3.8) is 0 Å². The van der Waals surface area contributed by atoms with Crippen molar-refractivity contribution in [1.82, 2.24) is 9.46 Å². The molecule has 1 heterocycles. The van der Waals surface area contributed by atoms with Gasteiger partial charge in [-0.25, -0.2) is 8.42 Å². The number of rotatable bonds is 8. The van der Waals surface area contributed by atoms with Crippen molar-refractivity contribution >= 4 is 21.7 Å². The van der Waals surface area contributed by atoms with E-state index in [4.69, 9.17) is 9.26 Å². The molecule has 0 unspecified atom stereocenters. The van der Waals surface area contributed by atoms with Gasteiger partial charge in [-0.15, -0.1) is 0 Å². The van der Waals surface area contributed by atoms with E-state index in [-0.39, 0.29) is 29.7 Å². The minimum atomic E-state index is -3.83. The molecule has 2 rings (SSSR count). The van der Waals surface area contributed by atoms with Crippen LogP contribution in [0.4, 0.5) is 5.82 Å². The maximum absolute atomic E-state index is 12.9. The number of aromatic nitrogens is 1. The Morgan fingerprint density at radius 2 is 1.96 bits per heavy atom. The fraction of sp³-hybridized carbons (Fsp3) is 0.412. The van der Waals surface area contributed by atoms with Crippen LogP contribution in [-0.4, -0.2) is 44.0 Å². The number of benzene rings is 1. The molecule has 0 spiro atoms. The Morgan fingerprint density at radius 3 is 2.46 bits per heavy atom. The summed E-state index contributed by atoms with van der Waals surface area (Å²) in [6, 6.07) is 7.61. The van der Waals surface area contributed by atoms with Crippen molar-refractivity contribution in [2.75, 3.05) is 25.5 Å². The van der Waals surface area contributed by atoms with Crippen molar-refractivity contribution in [2.24, 2.45) is 5.92 Å². The molecule has 26 heavy (non-hydrogen) atoms. The van der Waals surface area contributed by atoms with Gasteiger partial charge in [-0.05, 0) is 37.1 Å². The predicted octanol–water partition coefficient (Wildman–Crippen LogP) is 2.28. The lowest BCUT2D eigenvalue weighted by Crippen LogP contribution is -2.40. The summed E-state index contributed by atoms with van der Waals surface area (Å²) in [7, 11) is -2.33. The number of methoxy groups -OCH3 is 1. The van der Waals surface area contributed by atoms with Gasteiger partial charge in [0.1, 0.15) is 11.5 Å². The van der Waals surface area contributed by atoms with Gasteiger partial charge in [-0.1, -0.05) is 19.0 Å². The van der Waals surface area contributed by atoms with E-state index < -0.39 is 15.9 Å². The Bertz CT molecular complexity index is 844. The predicted molar refractivity (Wildman–Crippen MR) is 96.5 cm³/mol. The van der Waals surface area contributed by atoms with Crippen LogP contribution < -0.4 is 10.1 Å². The normalized spacial score (nSPS) is 11.8. The lowest BCUT2D eigenvalue weighted by Gasteiger charge is -2.23. The minimum absolute atomic E-state index is 0.0464. The monoisotopic (exact) mass is 381 g/mol. The third-order valence-electron chi connectivity index (χ3n) is 3.48. The molecule has 0 bridgehead atoms. The first-order valence-corrected chi connectivity index (χ1v) is 9.53. The molecule has 9 heteroatoms. The molecule has 0 atom stereocenters. The standard InChI is InChI=1S/C17H23N3O5S/c1-12(2)10-20(11-17(21)18-16-9-13(3)25-19-16)26(22,23)15-7-5-14(24-4)6-8-15/h5-9,12H,10-11H2,1-4H3,(H,18,19,21). The van der Waals surface area contributed by atoms with Gasteiger partial charge in [0.15, 0.2) is 5.82 Å². The van der Waals surface area contributed by atoms with E-state index in [1.807, 2.05) is 13.8 Å². The SMILES string of the molecule is COc1ccc(S(=O)(=O)N(CC(=O)Nc2cc(C)on2)CC(C)C)cc1. The summed E-state index contributed by atoms with van der Waals surface area (Å²) in [4.78, 5) is 12.4. The highest BCUT2D eigenvalue weighted by molar-refractivity contribution is 7.89. The van der Waals surface area contributed by atoms with Crippen molar-refractivity contribution in [3.05, 3.63) is 36.1 Å². The number of nitrogens with one attached hydrogen (secondary N) is 1. The van der Waals surface area contributed by atoms with Gasteiger partial charge >= 0.3 is 0 Å². The molecular weight excluding hydrogens is 358 g/mol. The second kappa shape index (κ2) is 8.33. The molecule has 8 nitrogen and oxygen atoms in total. The zero-order valence-electron chi connectivity index (χ0n) is 15.2. The van der Waals surface area contributed by atoms with E-state index >= 15 is 0 Å². The molecule has 1 amide bonds. The van der Waals surface area contributed by atoms with Gasteiger partial charge in [0.05, 0.1) is 18.6 Å². The average molecular weight is 381 g/mol. The summed E-state index contributed by atoms with van der Waals surface area (Å²) < 4.78 is 37.0. The lowest BCUT2D eigenvalue weighted by molar-refractivity contribution is -0.116. The molecule has 142 valence electrons. The average Bonchev–Trinajstić information content (AvgIpc) is 2.98. The third kappa shape index (κ3) is 5.06. The van der Waals surface area contributed by atoms with Crippen LogP contribution in [-0.2, 0) is 14.8 Å². The first kappa shape index (κ1) is 19.9. The third-order valence-corrected chi connectivity index (χ3v) is 5.31. The number of hydrogen-bond donors (Lipinski definition) is 1. The van der Waals surface area contributed by atoms with E-state index in [2.05, 4.69) is 10.5 Å². The van der Waals surface area contributed by atoms with Crippen LogP contribution in [0.25, 0.3) is 0 Å². The maximum atomic E-state index is 12.9. The fourth-order valence-corrected chi connectivity index (χ4v) is 3.88. The number of anilines is 1. The Morgan fingerprint density at radius 1 is 1.31 bits per heavy atom. The Balaban J connectivity index is 2.20. The van der Waals surface area contributed by atoms with E-state index in [0.29, 0.717) is 11.5 Å². The Labute approximate surface area is 153 Å². The summed E-state index contributed by atoms with van der Waals surface area (Å²) >= 11 is 0. The van der Waals surface area contributed by atoms with Crippen molar-refractivity contribution < 1.29 is 22.5 Å². The number of hydrogen-bond acceptors (Lipinski definition) is 6. The van der Waals surface area contributed by atoms with Crippen LogP contribution in [0.2, 0.25) is 0 Å². The largest absolute Gasteiger partial charge is 0.497 e. The van der Waals surface area contributed by atoms with E-state index in [1.54, 1.807) is 25.1 Å². The summed E-state index contributed by atoms with van der Waals surface area (Å²) in [6.07, 6.45) is 0. The quantitative estimate of drug-likeness (QED) is 0.753. The maximum Gasteiger partial charge on any atom is 0.243 e. The van der Waals surface area contributed by atoms with Crippen LogP contribution in [0.15, 0.2) is 39.8 Å². The summed E-state index contributed by atoms with van der Waals surface area (Å²) in [6.45, 7) is 5.35. The van der Waals surface area contributed by atoms with E-state index in [1.165, 1.54) is 19.2 Å². The highest BCUT2D eigenvalue weighted by atomic mass is 32.2. The van der Waals surface area contributed by atoms with Crippen LogP contribution >= 0.6 is 0 Å². The summed E-state index contributed by atoms with van der Waals surface area (Å²) in [5.74, 6) is 0.906. The zero-order chi connectivity index (χ0) is 19.3. The molecule has 0 aliphatic carbocycles. The lowest BCUT2D eigenvalue weighted by atomic mass is 10.2. The number of sulfonamides is 1. The number of ether oxygens (including phenoxy) is 1. The van der Waals surface area contributed by atoms with Crippen molar-refractivity contribution in [2.45, 2.75) is 25.7 Å². The molecule has 0 aliphatic rings. The van der Waals surface area contributed by atoms with Gasteiger partial charge < -0.3 is 14.6 Å². The second-order valence-corrected chi connectivity index (χ2v) is 8.18. The Hall–Kier alpha value is -2.39. The molecule has 0 saturated carbocycles.